The number of nitrogens with zero attached hydrogens (tertiary/aromatic N) is 4. The highest BCUT2D eigenvalue weighted by atomic mass is 19.3. The topological polar surface area (TPSA) is 50.1 Å². The number of alkyl halides is 2. The Bertz CT molecular complexity index is 917. The Hall–Kier alpha value is -3.00. The summed E-state index contributed by atoms with van der Waals surface area (Å²) in [5.74, 6) is -0.0557. The maximum Gasteiger partial charge on any atom is 0.387 e. The van der Waals surface area contributed by atoms with Gasteiger partial charge < -0.3 is 14.0 Å². The van der Waals surface area contributed by atoms with Gasteiger partial charge in [0.25, 0.3) is 5.91 Å². The number of amides is 1. The molecule has 6 nitrogen and oxygen atoms in total. The molecule has 0 aliphatic carbocycles. The number of rotatable bonds is 5. The van der Waals surface area contributed by atoms with E-state index >= 15 is 0 Å². The Morgan fingerprint density at radius 3 is 2.50 bits per heavy atom. The number of hydrogen-bond donors (Lipinski definition) is 0. The van der Waals surface area contributed by atoms with Crippen LogP contribution in [0.2, 0.25) is 0 Å². The third kappa shape index (κ3) is 4.12. The van der Waals surface area contributed by atoms with Crippen molar-refractivity contribution in [3.05, 3.63) is 66.1 Å². The maximum absolute atomic E-state index is 12.6. The summed E-state index contributed by atoms with van der Waals surface area (Å²) in [6.45, 7) is 0.604. The first-order chi connectivity index (χ1) is 13.6. The van der Waals surface area contributed by atoms with Crippen LogP contribution in [-0.2, 0) is 6.54 Å². The number of carbonyl (C=O) groups is 1. The van der Waals surface area contributed by atoms with Crippen molar-refractivity contribution in [1.82, 2.24) is 19.2 Å². The number of imidazole rings is 1. The van der Waals surface area contributed by atoms with E-state index in [0.29, 0.717) is 18.7 Å². The summed E-state index contributed by atoms with van der Waals surface area (Å²) >= 11 is 0. The van der Waals surface area contributed by atoms with E-state index in [1.54, 1.807) is 4.90 Å². The van der Waals surface area contributed by atoms with Gasteiger partial charge in [0.15, 0.2) is 0 Å². The number of benzene rings is 1. The van der Waals surface area contributed by atoms with E-state index in [1.807, 2.05) is 35.0 Å². The van der Waals surface area contributed by atoms with E-state index in [9.17, 15) is 13.6 Å². The van der Waals surface area contributed by atoms with E-state index < -0.39 is 6.61 Å². The van der Waals surface area contributed by atoms with Crippen LogP contribution in [0.25, 0.3) is 5.65 Å². The minimum atomic E-state index is -2.87. The highest BCUT2D eigenvalue weighted by molar-refractivity contribution is 5.94. The van der Waals surface area contributed by atoms with Gasteiger partial charge in [-0.2, -0.15) is 8.78 Å². The molecule has 0 unspecified atom stereocenters. The summed E-state index contributed by atoms with van der Waals surface area (Å²) in [4.78, 5) is 21.3. The van der Waals surface area contributed by atoms with Crippen molar-refractivity contribution < 1.29 is 18.3 Å². The summed E-state index contributed by atoms with van der Waals surface area (Å²) in [7, 11) is 0. The summed E-state index contributed by atoms with van der Waals surface area (Å²) in [5.41, 5.74) is 2.39. The van der Waals surface area contributed by atoms with Gasteiger partial charge in [-0.1, -0.05) is 6.07 Å². The van der Waals surface area contributed by atoms with Gasteiger partial charge in [-0.25, -0.2) is 4.98 Å². The van der Waals surface area contributed by atoms with Crippen molar-refractivity contribution in [2.24, 2.45) is 0 Å². The average molecular weight is 386 g/mol. The third-order valence-corrected chi connectivity index (χ3v) is 4.79. The number of hydrogen-bond acceptors (Lipinski definition) is 4. The Morgan fingerprint density at radius 2 is 1.82 bits per heavy atom. The molecular formula is C20H20F2N4O2. The lowest BCUT2D eigenvalue weighted by Gasteiger charge is -2.34. The first-order valence-electron chi connectivity index (χ1n) is 9.07. The van der Waals surface area contributed by atoms with E-state index in [1.165, 1.54) is 24.3 Å². The van der Waals surface area contributed by atoms with Crippen LogP contribution in [0, 0.1) is 0 Å². The monoisotopic (exact) mass is 386 g/mol. The number of halogens is 2. The third-order valence-electron chi connectivity index (χ3n) is 4.79. The molecule has 0 radical (unpaired) electrons. The van der Waals surface area contributed by atoms with Crippen LogP contribution in [0.1, 0.15) is 16.1 Å². The van der Waals surface area contributed by atoms with Crippen LogP contribution in [0.15, 0.2) is 54.9 Å². The molecule has 0 saturated carbocycles. The van der Waals surface area contributed by atoms with Crippen molar-refractivity contribution in [1.29, 1.82) is 0 Å². The Labute approximate surface area is 161 Å². The summed E-state index contributed by atoms with van der Waals surface area (Å²) in [6, 6.07) is 11.7. The van der Waals surface area contributed by atoms with Gasteiger partial charge in [0.1, 0.15) is 11.4 Å². The summed E-state index contributed by atoms with van der Waals surface area (Å²) in [5, 5.41) is 0. The molecule has 0 N–H and O–H groups in total. The normalized spacial score (nSPS) is 15.3. The molecule has 1 aromatic carbocycles. The van der Waals surface area contributed by atoms with Gasteiger partial charge >= 0.3 is 6.61 Å². The Balaban J connectivity index is 1.32. The largest absolute Gasteiger partial charge is 0.435 e. The van der Waals surface area contributed by atoms with Gasteiger partial charge in [-0.05, 0) is 36.4 Å². The van der Waals surface area contributed by atoms with Crippen LogP contribution in [0.3, 0.4) is 0 Å². The van der Waals surface area contributed by atoms with Gasteiger partial charge in [0.2, 0.25) is 0 Å². The van der Waals surface area contributed by atoms with Crippen molar-refractivity contribution in [3.63, 3.8) is 0 Å². The molecular weight excluding hydrogens is 366 g/mol. The zero-order chi connectivity index (χ0) is 19.5. The molecule has 0 spiro atoms. The molecule has 1 fully saturated rings. The van der Waals surface area contributed by atoms with Gasteiger partial charge in [-0.3, -0.25) is 9.69 Å². The fourth-order valence-corrected chi connectivity index (χ4v) is 3.36. The zero-order valence-corrected chi connectivity index (χ0v) is 15.2. The number of ether oxygens (including phenoxy) is 1. The van der Waals surface area contributed by atoms with Crippen LogP contribution < -0.4 is 4.74 Å². The lowest BCUT2D eigenvalue weighted by molar-refractivity contribution is -0.0498. The average Bonchev–Trinajstić information content (AvgIpc) is 3.10. The number of carbonyl (C=O) groups excluding carboxylic acids is 1. The molecule has 1 amide bonds. The molecule has 1 aliphatic rings. The molecule has 2 aromatic heterocycles. The Kier molecular flexibility index (Phi) is 5.21. The fourth-order valence-electron chi connectivity index (χ4n) is 3.36. The molecule has 0 atom stereocenters. The fraction of sp³-hybridized carbons (Fsp3) is 0.300. The van der Waals surface area contributed by atoms with Crippen LogP contribution in [-0.4, -0.2) is 57.9 Å². The van der Waals surface area contributed by atoms with E-state index in [4.69, 9.17) is 0 Å². The lowest BCUT2D eigenvalue weighted by atomic mass is 10.1. The standard InChI is InChI=1S/C20H20F2N4O2/c21-20(22)28-17-6-4-15(5-7-17)19(27)25-11-9-24(10-12-25)13-16-14-26-8-2-1-3-18(26)23-16/h1-8,14,20H,9-13H2. The second-order valence-electron chi connectivity index (χ2n) is 6.67. The van der Waals surface area contributed by atoms with Crippen molar-refractivity contribution in [3.8, 4) is 5.75 Å². The van der Waals surface area contributed by atoms with E-state index in [2.05, 4.69) is 14.6 Å². The summed E-state index contributed by atoms with van der Waals surface area (Å²) in [6.07, 6.45) is 4.00. The molecule has 1 saturated heterocycles. The van der Waals surface area contributed by atoms with Crippen LogP contribution in [0.4, 0.5) is 8.78 Å². The highest BCUT2D eigenvalue weighted by Gasteiger charge is 2.22. The molecule has 3 aromatic rings. The molecule has 4 rings (SSSR count). The predicted molar refractivity (Wildman–Crippen MR) is 99.4 cm³/mol. The van der Waals surface area contributed by atoms with E-state index in [-0.39, 0.29) is 11.7 Å². The number of piperazine rings is 1. The molecule has 3 heterocycles. The minimum Gasteiger partial charge on any atom is -0.435 e. The van der Waals surface area contributed by atoms with Crippen molar-refractivity contribution in [2.75, 3.05) is 26.2 Å². The second kappa shape index (κ2) is 7.93. The molecule has 1 aliphatic heterocycles. The summed E-state index contributed by atoms with van der Waals surface area (Å²) < 4.78 is 30.7. The second-order valence-corrected chi connectivity index (χ2v) is 6.67. The first-order valence-corrected chi connectivity index (χ1v) is 9.07. The molecule has 8 heteroatoms. The van der Waals surface area contributed by atoms with Crippen LogP contribution in [0.5, 0.6) is 5.75 Å². The smallest absolute Gasteiger partial charge is 0.387 e. The predicted octanol–water partition coefficient (Wildman–Crippen LogP) is 2.89. The zero-order valence-electron chi connectivity index (χ0n) is 15.2. The highest BCUT2D eigenvalue weighted by Crippen LogP contribution is 2.17. The SMILES string of the molecule is O=C(c1ccc(OC(F)F)cc1)N1CCN(Cc2cn3ccccc3n2)CC1. The quantitative estimate of drug-likeness (QED) is 0.677. The van der Waals surface area contributed by atoms with Gasteiger partial charge in [0.05, 0.1) is 5.69 Å². The molecule has 28 heavy (non-hydrogen) atoms. The van der Waals surface area contributed by atoms with Gasteiger partial charge in [-0.15, -0.1) is 0 Å². The van der Waals surface area contributed by atoms with Crippen molar-refractivity contribution >= 4 is 11.6 Å². The Morgan fingerprint density at radius 1 is 1.07 bits per heavy atom. The lowest BCUT2D eigenvalue weighted by Crippen LogP contribution is -2.48. The first kappa shape index (κ1) is 18.4. The van der Waals surface area contributed by atoms with E-state index in [0.717, 1.165) is 31.0 Å². The number of pyridine rings is 1. The molecule has 0 bridgehead atoms. The van der Waals surface area contributed by atoms with Gasteiger partial charge in [0, 0.05) is 50.7 Å². The minimum absolute atomic E-state index is 0.0452. The van der Waals surface area contributed by atoms with Crippen molar-refractivity contribution in [2.45, 2.75) is 13.2 Å². The maximum atomic E-state index is 12.6. The molecule has 146 valence electrons. The number of fused-ring (bicyclic) bond motifs is 1. The van der Waals surface area contributed by atoms with Crippen LogP contribution >= 0.6 is 0 Å². The number of aromatic nitrogens is 2.